The third-order valence-corrected chi connectivity index (χ3v) is 3.72. The summed E-state index contributed by atoms with van der Waals surface area (Å²) in [6.07, 6.45) is 0. The molecule has 0 saturated heterocycles. The summed E-state index contributed by atoms with van der Waals surface area (Å²) in [7, 11) is 1.69. The number of aromatic nitrogens is 1. The van der Waals surface area contributed by atoms with Gasteiger partial charge in [0.25, 0.3) is 0 Å². The van der Waals surface area contributed by atoms with Crippen LogP contribution in [-0.4, -0.2) is 12.1 Å². The smallest absolute Gasteiger partial charge is 0.119 e. The summed E-state index contributed by atoms with van der Waals surface area (Å²) < 4.78 is 5.27. The number of ether oxygens (including phenoxy) is 1. The fourth-order valence-electron chi connectivity index (χ4n) is 2.44. The lowest BCUT2D eigenvalue weighted by atomic mass is 10.0. The standard InChI is InChI=1S/C18H19NO/c1-12(2)13-4-6-14(7-5-13)18-11-15-10-16(20-3)8-9-17(15)19-18/h4-12,19H,1-3H3. The Labute approximate surface area is 119 Å². The average Bonchev–Trinajstić information content (AvgIpc) is 2.90. The van der Waals surface area contributed by atoms with Gasteiger partial charge in [-0.05, 0) is 41.3 Å². The van der Waals surface area contributed by atoms with Crippen molar-refractivity contribution in [2.24, 2.45) is 0 Å². The molecule has 0 amide bonds. The molecule has 0 aliphatic heterocycles. The molecule has 0 unspecified atom stereocenters. The molecule has 1 aromatic heterocycles. The van der Waals surface area contributed by atoms with Gasteiger partial charge >= 0.3 is 0 Å². The van der Waals surface area contributed by atoms with E-state index in [2.05, 4.69) is 61.3 Å². The van der Waals surface area contributed by atoms with Crippen LogP contribution in [0.3, 0.4) is 0 Å². The van der Waals surface area contributed by atoms with Crippen molar-refractivity contribution in [1.82, 2.24) is 4.98 Å². The second-order valence-electron chi connectivity index (χ2n) is 5.41. The molecule has 1 N–H and O–H groups in total. The molecular formula is C18H19NO. The first-order valence-corrected chi connectivity index (χ1v) is 6.94. The number of H-pyrrole nitrogens is 1. The largest absolute Gasteiger partial charge is 0.497 e. The lowest BCUT2D eigenvalue weighted by Gasteiger charge is -2.05. The van der Waals surface area contributed by atoms with E-state index in [-0.39, 0.29) is 0 Å². The predicted molar refractivity (Wildman–Crippen MR) is 84.4 cm³/mol. The van der Waals surface area contributed by atoms with Crippen LogP contribution < -0.4 is 4.74 Å². The zero-order valence-corrected chi connectivity index (χ0v) is 12.1. The lowest BCUT2D eigenvalue weighted by molar-refractivity contribution is 0.415. The molecule has 0 saturated carbocycles. The molecule has 0 aliphatic carbocycles. The number of fused-ring (bicyclic) bond motifs is 1. The summed E-state index contributed by atoms with van der Waals surface area (Å²) in [6.45, 7) is 4.43. The summed E-state index contributed by atoms with van der Waals surface area (Å²) >= 11 is 0. The van der Waals surface area contributed by atoms with Gasteiger partial charge in [-0.1, -0.05) is 38.1 Å². The van der Waals surface area contributed by atoms with E-state index in [0.717, 1.165) is 17.0 Å². The van der Waals surface area contributed by atoms with Crippen LogP contribution in [0.25, 0.3) is 22.2 Å². The van der Waals surface area contributed by atoms with Gasteiger partial charge in [0.05, 0.1) is 7.11 Å². The van der Waals surface area contributed by atoms with E-state index in [4.69, 9.17) is 4.74 Å². The monoisotopic (exact) mass is 265 g/mol. The van der Waals surface area contributed by atoms with Crippen molar-refractivity contribution in [3.05, 3.63) is 54.1 Å². The van der Waals surface area contributed by atoms with Crippen molar-refractivity contribution in [3.8, 4) is 17.0 Å². The first-order valence-electron chi connectivity index (χ1n) is 6.94. The van der Waals surface area contributed by atoms with E-state index in [1.54, 1.807) is 7.11 Å². The molecule has 0 atom stereocenters. The van der Waals surface area contributed by atoms with Gasteiger partial charge < -0.3 is 9.72 Å². The van der Waals surface area contributed by atoms with E-state index >= 15 is 0 Å². The first kappa shape index (κ1) is 12.8. The topological polar surface area (TPSA) is 25.0 Å². The zero-order chi connectivity index (χ0) is 14.1. The van der Waals surface area contributed by atoms with Crippen LogP contribution in [-0.2, 0) is 0 Å². The Bertz CT molecular complexity index is 723. The summed E-state index contributed by atoms with van der Waals surface area (Å²) in [6, 6.07) is 17.0. The van der Waals surface area contributed by atoms with E-state index in [0.29, 0.717) is 5.92 Å². The highest BCUT2D eigenvalue weighted by Gasteiger charge is 2.05. The molecular weight excluding hydrogens is 246 g/mol. The minimum absolute atomic E-state index is 0.566. The molecule has 0 radical (unpaired) electrons. The molecule has 0 spiro atoms. The molecule has 3 rings (SSSR count). The Morgan fingerprint density at radius 2 is 1.70 bits per heavy atom. The van der Waals surface area contributed by atoms with Crippen molar-refractivity contribution < 1.29 is 4.74 Å². The van der Waals surface area contributed by atoms with Crippen LogP contribution in [0.5, 0.6) is 5.75 Å². The maximum Gasteiger partial charge on any atom is 0.119 e. The van der Waals surface area contributed by atoms with Crippen molar-refractivity contribution >= 4 is 10.9 Å². The van der Waals surface area contributed by atoms with E-state index in [9.17, 15) is 0 Å². The summed E-state index contributed by atoms with van der Waals surface area (Å²) in [4.78, 5) is 3.46. The quantitative estimate of drug-likeness (QED) is 0.710. The van der Waals surface area contributed by atoms with Gasteiger partial charge in [0.15, 0.2) is 0 Å². The van der Waals surface area contributed by atoms with Gasteiger partial charge in [0.2, 0.25) is 0 Å². The van der Waals surface area contributed by atoms with Gasteiger partial charge in [0.1, 0.15) is 5.75 Å². The normalized spacial score (nSPS) is 11.2. The van der Waals surface area contributed by atoms with Crippen molar-refractivity contribution in [1.29, 1.82) is 0 Å². The Morgan fingerprint density at radius 3 is 2.35 bits per heavy atom. The minimum atomic E-state index is 0.566. The van der Waals surface area contributed by atoms with Crippen molar-refractivity contribution in [2.75, 3.05) is 7.11 Å². The van der Waals surface area contributed by atoms with Gasteiger partial charge in [-0.2, -0.15) is 0 Å². The summed E-state index contributed by atoms with van der Waals surface area (Å²) in [5, 5.41) is 1.17. The highest BCUT2D eigenvalue weighted by molar-refractivity contribution is 5.87. The molecule has 3 aromatic rings. The van der Waals surface area contributed by atoms with Crippen LogP contribution in [0.1, 0.15) is 25.3 Å². The number of benzene rings is 2. The fraction of sp³-hybridized carbons (Fsp3) is 0.222. The number of aromatic amines is 1. The molecule has 102 valence electrons. The maximum absolute atomic E-state index is 5.27. The van der Waals surface area contributed by atoms with E-state index in [1.165, 1.54) is 16.5 Å². The number of rotatable bonds is 3. The summed E-state index contributed by atoms with van der Waals surface area (Å²) in [5.41, 5.74) is 4.85. The zero-order valence-electron chi connectivity index (χ0n) is 12.1. The second-order valence-corrected chi connectivity index (χ2v) is 5.41. The van der Waals surface area contributed by atoms with Crippen molar-refractivity contribution in [2.45, 2.75) is 19.8 Å². The van der Waals surface area contributed by atoms with Gasteiger partial charge in [-0.25, -0.2) is 0 Å². The van der Waals surface area contributed by atoms with Crippen LogP contribution in [0.2, 0.25) is 0 Å². The molecule has 0 aliphatic rings. The van der Waals surface area contributed by atoms with Gasteiger partial charge in [-0.3, -0.25) is 0 Å². The van der Waals surface area contributed by atoms with Crippen LogP contribution in [0, 0.1) is 0 Å². The Kier molecular flexibility index (Phi) is 3.23. The molecule has 2 heteroatoms. The highest BCUT2D eigenvalue weighted by atomic mass is 16.5. The Hall–Kier alpha value is -2.22. The molecule has 1 heterocycles. The number of hydrogen-bond donors (Lipinski definition) is 1. The minimum Gasteiger partial charge on any atom is -0.497 e. The predicted octanol–water partition coefficient (Wildman–Crippen LogP) is 4.97. The SMILES string of the molecule is COc1ccc2[nH]c(-c3ccc(C(C)C)cc3)cc2c1. The number of methoxy groups -OCH3 is 1. The van der Waals surface area contributed by atoms with E-state index < -0.39 is 0 Å². The average molecular weight is 265 g/mol. The summed E-state index contributed by atoms with van der Waals surface area (Å²) in [5.74, 6) is 1.45. The highest BCUT2D eigenvalue weighted by Crippen LogP contribution is 2.28. The molecule has 0 bridgehead atoms. The Morgan fingerprint density at radius 1 is 0.950 bits per heavy atom. The van der Waals surface area contributed by atoms with Crippen LogP contribution in [0.4, 0.5) is 0 Å². The second kappa shape index (κ2) is 5.04. The van der Waals surface area contributed by atoms with Crippen molar-refractivity contribution in [3.63, 3.8) is 0 Å². The molecule has 0 fully saturated rings. The number of nitrogens with one attached hydrogen (secondary N) is 1. The van der Waals surface area contributed by atoms with E-state index in [1.807, 2.05) is 6.07 Å². The first-order chi connectivity index (χ1) is 9.67. The number of hydrogen-bond acceptors (Lipinski definition) is 1. The van der Waals surface area contributed by atoms with Crippen LogP contribution in [0.15, 0.2) is 48.5 Å². The van der Waals surface area contributed by atoms with Gasteiger partial charge in [-0.15, -0.1) is 0 Å². The molecule has 20 heavy (non-hydrogen) atoms. The Balaban J connectivity index is 2.01. The molecule has 2 nitrogen and oxygen atoms in total. The lowest BCUT2D eigenvalue weighted by Crippen LogP contribution is -1.86. The fourth-order valence-corrected chi connectivity index (χ4v) is 2.44. The van der Waals surface area contributed by atoms with Gasteiger partial charge in [0, 0.05) is 16.6 Å². The molecule has 2 aromatic carbocycles. The third kappa shape index (κ3) is 2.29. The maximum atomic E-state index is 5.27. The van der Waals surface area contributed by atoms with Crippen LogP contribution >= 0.6 is 0 Å². The third-order valence-electron chi connectivity index (χ3n) is 3.72.